The number of amides is 1. The Morgan fingerprint density at radius 3 is 2.31 bits per heavy atom. The average molecular weight is 509 g/mol. The Labute approximate surface area is 216 Å². The molecule has 0 bridgehead atoms. The molecule has 0 aromatic heterocycles. The first-order valence-corrected chi connectivity index (χ1v) is 13.1. The number of morpholine rings is 1. The molecule has 36 heavy (non-hydrogen) atoms. The van der Waals surface area contributed by atoms with Crippen LogP contribution < -0.4 is 19.3 Å². The van der Waals surface area contributed by atoms with Crippen LogP contribution in [0.1, 0.15) is 18.4 Å². The van der Waals surface area contributed by atoms with E-state index in [4.69, 9.17) is 19.2 Å². The first-order chi connectivity index (χ1) is 17.6. The van der Waals surface area contributed by atoms with Gasteiger partial charge in [-0.3, -0.25) is 9.69 Å². The van der Waals surface area contributed by atoms with Crippen molar-refractivity contribution in [1.82, 2.24) is 4.90 Å². The van der Waals surface area contributed by atoms with Gasteiger partial charge >= 0.3 is 0 Å². The van der Waals surface area contributed by atoms with Crippen molar-refractivity contribution in [3.63, 3.8) is 0 Å². The molecule has 0 unspecified atom stereocenters. The van der Waals surface area contributed by atoms with Crippen molar-refractivity contribution in [2.24, 2.45) is 4.99 Å². The second kappa shape index (κ2) is 10.8. The van der Waals surface area contributed by atoms with Crippen LogP contribution >= 0.6 is 11.8 Å². The molecule has 0 atom stereocenters. The summed E-state index contributed by atoms with van der Waals surface area (Å²) in [6.45, 7) is 5.30. The Bertz CT molecular complexity index is 1170. The maximum absolute atomic E-state index is 13.1. The molecular formula is C27H32N4O4S. The number of likely N-dealkylation sites (N-methyl/N-ethyl adjacent to an activating group) is 1. The van der Waals surface area contributed by atoms with Gasteiger partial charge in [-0.25, -0.2) is 4.99 Å². The summed E-state index contributed by atoms with van der Waals surface area (Å²) in [7, 11) is 5.09. The van der Waals surface area contributed by atoms with Crippen LogP contribution in [-0.4, -0.2) is 76.6 Å². The second-order valence-corrected chi connectivity index (χ2v) is 9.95. The van der Waals surface area contributed by atoms with E-state index in [1.165, 1.54) is 24.6 Å². The van der Waals surface area contributed by atoms with Gasteiger partial charge in [0.25, 0.3) is 5.91 Å². The topological polar surface area (TPSA) is 66.8 Å². The summed E-state index contributed by atoms with van der Waals surface area (Å²) in [6.07, 6.45) is 4.21. The minimum atomic E-state index is -0.0895. The number of hydrogen-bond acceptors (Lipinski definition) is 8. The van der Waals surface area contributed by atoms with Gasteiger partial charge in [-0.05, 0) is 61.0 Å². The highest BCUT2D eigenvalue weighted by Crippen LogP contribution is 2.40. The molecule has 5 rings (SSSR count). The summed E-state index contributed by atoms with van der Waals surface area (Å²) in [4.78, 5) is 24.6. The average Bonchev–Trinajstić information content (AvgIpc) is 3.54. The highest BCUT2D eigenvalue weighted by Gasteiger charge is 2.31. The summed E-state index contributed by atoms with van der Waals surface area (Å²) < 4.78 is 16.8. The van der Waals surface area contributed by atoms with E-state index in [0.717, 1.165) is 67.8 Å². The SMILES string of the molecule is COc1cc(N2CCCC2)c(OC)cc1/C=C1\SC(=Nc2ccc(N3CCOCC3)cc2)N(C)C1=O. The summed E-state index contributed by atoms with van der Waals surface area (Å²) in [5, 5.41) is 0.644. The van der Waals surface area contributed by atoms with Gasteiger partial charge in [0.1, 0.15) is 11.5 Å². The van der Waals surface area contributed by atoms with Crippen LogP contribution in [0.5, 0.6) is 11.5 Å². The van der Waals surface area contributed by atoms with E-state index in [2.05, 4.69) is 21.9 Å². The Kier molecular flexibility index (Phi) is 7.38. The highest BCUT2D eigenvalue weighted by atomic mass is 32.2. The highest BCUT2D eigenvalue weighted by molar-refractivity contribution is 8.18. The molecule has 190 valence electrons. The first-order valence-electron chi connectivity index (χ1n) is 12.3. The van der Waals surface area contributed by atoms with E-state index in [1.54, 1.807) is 26.2 Å². The number of anilines is 2. The van der Waals surface area contributed by atoms with Gasteiger partial charge in [-0.15, -0.1) is 0 Å². The molecule has 1 amide bonds. The van der Waals surface area contributed by atoms with E-state index in [9.17, 15) is 4.79 Å². The largest absolute Gasteiger partial charge is 0.496 e. The van der Waals surface area contributed by atoms with Gasteiger partial charge < -0.3 is 24.0 Å². The number of rotatable bonds is 6. The van der Waals surface area contributed by atoms with Crippen molar-refractivity contribution in [3.8, 4) is 11.5 Å². The molecule has 2 aromatic carbocycles. The van der Waals surface area contributed by atoms with E-state index in [-0.39, 0.29) is 5.91 Å². The summed E-state index contributed by atoms with van der Waals surface area (Å²) in [6, 6.07) is 12.1. The predicted octanol–water partition coefficient (Wildman–Crippen LogP) is 4.37. The number of methoxy groups -OCH3 is 2. The molecule has 3 saturated heterocycles. The lowest BCUT2D eigenvalue weighted by molar-refractivity contribution is -0.121. The molecule has 3 fully saturated rings. The molecule has 3 aliphatic rings. The van der Waals surface area contributed by atoms with Crippen LogP contribution in [0.25, 0.3) is 6.08 Å². The Balaban J connectivity index is 1.38. The monoisotopic (exact) mass is 508 g/mol. The summed E-state index contributed by atoms with van der Waals surface area (Å²) in [5.41, 5.74) is 3.80. The maximum Gasteiger partial charge on any atom is 0.266 e. The third kappa shape index (κ3) is 5.03. The van der Waals surface area contributed by atoms with Gasteiger partial charge in [0.05, 0.1) is 43.7 Å². The van der Waals surface area contributed by atoms with Gasteiger partial charge in [-0.2, -0.15) is 0 Å². The smallest absolute Gasteiger partial charge is 0.266 e. The van der Waals surface area contributed by atoms with E-state index < -0.39 is 0 Å². The number of benzene rings is 2. The number of ether oxygens (including phenoxy) is 3. The normalized spacial score (nSPS) is 20.6. The zero-order valence-corrected chi connectivity index (χ0v) is 21.8. The van der Waals surface area contributed by atoms with Gasteiger partial charge in [-0.1, -0.05) is 0 Å². The number of thioether (sulfide) groups is 1. The lowest BCUT2D eigenvalue weighted by Gasteiger charge is -2.28. The molecule has 3 heterocycles. The predicted molar refractivity (Wildman–Crippen MR) is 146 cm³/mol. The molecular weight excluding hydrogens is 476 g/mol. The van der Waals surface area contributed by atoms with Crippen LogP contribution in [0.15, 0.2) is 46.3 Å². The Morgan fingerprint density at radius 1 is 0.944 bits per heavy atom. The van der Waals surface area contributed by atoms with Crippen LogP contribution in [0.2, 0.25) is 0 Å². The number of hydrogen-bond donors (Lipinski definition) is 0. The van der Waals surface area contributed by atoms with Crippen LogP contribution in [0.3, 0.4) is 0 Å². The fourth-order valence-corrected chi connectivity index (χ4v) is 5.66. The van der Waals surface area contributed by atoms with Crippen LogP contribution in [0.4, 0.5) is 17.1 Å². The number of carbonyl (C=O) groups excluding carboxylic acids is 1. The Morgan fingerprint density at radius 2 is 1.64 bits per heavy atom. The van der Waals surface area contributed by atoms with E-state index in [1.807, 2.05) is 30.3 Å². The molecule has 3 aliphatic heterocycles. The molecule has 2 aromatic rings. The van der Waals surface area contributed by atoms with Gasteiger partial charge in [0, 0.05) is 50.5 Å². The fraction of sp³-hybridized carbons (Fsp3) is 0.407. The third-order valence-electron chi connectivity index (χ3n) is 6.72. The molecule has 0 spiro atoms. The number of amidine groups is 1. The number of carbonyl (C=O) groups is 1. The first kappa shape index (κ1) is 24.5. The zero-order valence-electron chi connectivity index (χ0n) is 21.0. The van der Waals surface area contributed by atoms with Gasteiger partial charge in [0.2, 0.25) is 0 Å². The van der Waals surface area contributed by atoms with Crippen molar-refractivity contribution < 1.29 is 19.0 Å². The molecule has 0 N–H and O–H groups in total. The molecule has 8 nitrogen and oxygen atoms in total. The quantitative estimate of drug-likeness (QED) is 0.537. The standard InChI is InChI=1S/C27H32N4O4S/c1-29-26(32)25(17-19-16-24(34-3)22(18-23(19)33-2)31-10-4-5-11-31)36-27(29)28-20-6-8-21(9-7-20)30-12-14-35-15-13-30/h6-9,16-18H,4-5,10-15H2,1-3H3/b25-17-,28-27?. The molecule has 0 aliphatic carbocycles. The fourth-order valence-electron chi connectivity index (χ4n) is 4.69. The van der Waals surface area contributed by atoms with Crippen molar-refractivity contribution in [3.05, 3.63) is 46.9 Å². The molecule has 9 heteroatoms. The van der Waals surface area contributed by atoms with E-state index in [0.29, 0.717) is 15.8 Å². The van der Waals surface area contributed by atoms with Crippen molar-refractivity contribution in [2.75, 3.05) is 70.5 Å². The number of nitrogens with zero attached hydrogens (tertiary/aromatic N) is 4. The lowest BCUT2D eigenvalue weighted by atomic mass is 10.1. The number of aliphatic imine (C=N–C) groups is 1. The second-order valence-electron chi connectivity index (χ2n) is 8.95. The maximum atomic E-state index is 13.1. The van der Waals surface area contributed by atoms with E-state index >= 15 is 0 Å². The summed E-state index contributed by atoms with van der Waals surface area (Å²) in [5.74, 6) is 1.40. The minimum absolute atomic E-state index is 0.0895. The third-order valence-corrected chi connectivity index (χ3v) is 7.78. The lowest BCUT2D eigenvalue weighted by Crippen LogP contribution is -2.36. The Hall–Kier alpha value is -3.17. The minimum Gasteiger partial charge on any atom is -0.496 e. The molecule has 0 radical (unpaired) electrons. The molecule has 0 saturated carbocycles. The van der Waals surface area contributed by atoms with Crippen molar-refractivity contribution >= 4 is 46.0 Å². The van der Waals surface area contributed by atoms with Gasteiger partial charge in [0.15, 0.2) is 5.17 Å². The zero-order chi connectivity index (χ0) is 25.1. The van der Waals surface area contributed by atoms with Crippen molar-refractivity contribution in [2.45, 2.75) is 12.8 Å². The van der Waals surface area contributed by atoms with Crippen LogP contribution in [0, 0.1) is 0 Å². The summed E-state index contributed by atoms with van der Waals surface area (Å²) >= 11 is 1.36. The van der Waals surface area contributed by atoms with Crippen molar-refractivity contribution in [1.29, 1.82) is 0 Å². The van der Waals surface area contributed by atoms with Crippen LogP contribution in [-0.2, 0) is 9.53 Å².